The van der Waals surface area contributed by atoms with Gasteiger partial charge in [-0.1, -0.05) is 36.4 Å². The van der Waals surface area contributed by atoms with Gasteiger partial charge in [-0.2, -0.15) is 5.26 Å². The van der Waals surface area contributed by atoms with Gasteiger partial charge in [-0.3, -0.25) is 4.79 Å². The molecule has 5 heteroatoms. The maximum atomic E-state index is 14.1. The van der Waals surface area contributed by atoms with Gasteiger partial charge in [-0.05, 0) is 31.1 Å². The van der Waals surface area contributed by atoms with E-state index in [0.717, 1.165) is 29.3 Å². The zero-order valence-corrected chi connectivity index (χ0v) is 14.7. The number of benzene rings is 2. The summed E-state index contributed by atoms with van der Waals surface area (Å²) in [5.74, 6) is -0.597. The molecule has 1 heterocycles. The second-order valence-electron chi connectivity index (χ2n) is 6.74. The minimum absolute atomic E-state index is 0.0793. The standard InChI is InChI=1S/C22H18FN3O/c23-20-7-3-1-5-15(20)13-26-14-17(19-6-2-4-8-21(19)26)11-16(12-24)22(27)25-18-9-10-18/h1-8,11,14,18H,9-10,13H2,(H,25,27). The van der Waals surface area contributed by atoms with Crippen molar-refractivity contribution in [3.05, 3.63) is 77.2 Å². The number of nitriles is 1. The number of aromatic nitrogens is 1. The van der Waals surface area contributed by atoms with Gasteiger partial charge in [0.25, 0.3) is 5.91 Å². The maximum Gasteiger partial charge on any atom is 0.262 e. The van der Waals surface area contributed by atoms with Crippen LogP contribution in [0.5, 0.6) is 0 Å². The van der Waals surface area contributed by atoms with E-state index in [1.165, 1.54) is 6.07 Å². The SMILES string of the molecule is N#CC(=Cc1cn(Cc2ccccc2F)c2ccccc12)C(=O)NC1CC1. The molecule has 1 N–H and O–H groups in total. The summed E-state index contributed by atoms with van der Waals surface area (Å²) in [4.78, 5) is 12.2. The highest BCUT2D eigenvalue weighted by Crippen LogP contribution is 2.25. The molecule has 1 amide bonds. The van der Waals surface area contributed by atoms with Crippen molar-refractivity contribution in [3.8, 4) is 6.07 Å². The molecule has 3 aromatic rings. The number of hydrogen-bond acceptors (Lipinski definition) is 2. The molecule has 1 aliphatic carbocycles. The first-order valence-electron chi connectivity index (χ1n) is 8.89. The summed E-state index contributed by atoms with van der Waals surface area (Å²) in [6.07, 6.45) is 5.40. The zero-order valence-electron chi connectivity index (χ0n) is 14.7. The Balaban J connectivity index is 1.73. The van der Waals surface area contributed by atoms with Gasteiger partial charge in [0.15, 0.2) is 0 Å². The summed E-state index contributed by atoms with van der Waals surface area (Å²) in [7, 11) is 0. The lowest BCUT2D eigenvalue weighted by molar-refractivity contribution is -0.117. The number of halogens is 1. The molecular weight excluding hydrogens is 341 g/mol. The van der Waals surface area contributed by atoms with Gasteiger partial charge in [0, 0.05) is 34.3 Å². The van der Waals surface area contributed by atoms with E-state index in [2.05, 4.69) is 5.32 Å². The van der Waals surface area contributed by atoms with Crippen LogP contribution >= 0.6 is 0 Å². The second-order valence-corrected chi connectivity index (χ2v) is 6.74. The summed E-state index contributed by atoms with van der Waals surface area (Å²) < 4.78 is 16.0. The van der Waals surface area contributed by atoms with Gasteiger partial charge in [0.2, 0.25) is 0 Å². The van der Waals surface area contributed by atoms with Crippen LogP contribution in [0.2, 0.25) is 0 Å². The number of amides is 1. The molecule has 0 aliphatic heterocycles. The third-order valence-corrected chi connectivity index (χ3v) is 4.70. The predicted molar refractivity (Wildman–Crippen MR) is 102 cm³/mol. The zero-order chi connectivity index (χ0) is 18.8. The van der Waals surface area contributed by atoms with E-state index in [1.54, 1.807) is 24.3 Å². The number of fused-ring (bicyclic) bond motifs is 1. The van der Waals surface area contributed by atoms with Crippen molar-refractivity contribution in [2.45, 2.75) is 25.4 Å². The van der Waals surface area contributed by atoms with Crippen LogP contribution in [-0.4, -0.2) is 16.5 Å². The highest BCUT2D eigenvalue weighted by molar-refractivity contribution is 6.04. The summed E-state index contributed by atoms with van der Waals surface area (Å²) in [5.41, 5.74) is 2.35. The van der Waals surface area contributed by atoms with Crippen molar-refractivity contribution in [1.29, 1.82) is 5.26 Å². The molecule has 27 heavy (non-hydrogen) atoms. The minimum atomic E-state index is -0.342. The molecule has 0 atom stereocenters. The molecular formula is C22H18FN3O. The molecule has 2 aromatic carbocycles. The average Bonchev–Trinajstić information content (AvgIpc) is 3.43. The summed E-state index contributed by atoms with van der Waals surface area (Å²) in [6.45, 7) is 0.372. The van der Waals surface area contributed by atoms with Crippen LogP contribution in [0, 0.1) is 17.1 Å². The van der Waals surface area contributed by atoms with Crippen molar-refractivity contribution >= 4 is 22.9 Å². The molecule has 0 radical (unpaired) electrons. The molecule has 1 aromatic heterocycles. The molecule has 4 nitrogen and oxygen atoms in total. The van der Waals surface area contributed by atoms with E-state index >= 15 is 0 Å². The Labute approximate surface area is 156 Å². The molecule has 1 fully saturated rings. The summed E-state index contributed by atoms with van der Waals surface area (Å²) in [5, 5.41) is 13.2. The molecule has 1 saturated carbocycles. The first-order valence-corrected chi connectivity index (χ1v) is 8.89. The number of hydrogen-bond donors (Lipinski definition) is 1. The molecule has 4 rings (SSSR count). The van der Waals surface area contributed by atoms with Crippen LogP contribution in [0.25, 0.3) is 17.0 Å². The van der Waals surface area contributed by atoms with E-state index in [-0.39, 0.29) is 23.3 Å². The topological polar surface area (TPSA) is 57.8 Å². The van der Waals surface area contributed by atoms with Gasteiger partial charge < -0.3 is 9.88 Å². The number of nitrogens with zero attached hydrogens (tertiary/aromatic N) is 2. The Morgan fingerprint density at radius 3 is 2.70 bits per heavy atom. The number of para-hydroxylation sites is 1. The lowest BCUT2D eigenvalue weighted by Gasteiger charge is -2.06. The van der Waals surface area contributed by atoms with Gasteiger partial charge in [-0.15, -0.1) is 0 Å². The molecule has 0 unspecified atom stereocenters. The van der Waals surface area contributed by atoms with Gasteiger partial charge >= 0.3 is 0 Å². The Hall–Kier alpha value is -3.39. The summed E-state index contributed by atoms with van der Waals surface area (Å²) in [6, 6.07) is 16.6. The molecule has 0 spiro atoms. The Morgan fingerprint density at radius 2 is 1.96 bits per heavy atom. The normalized spacial score (nSPS) is 14.1. The van der Waals surface area contributed by atoms with Crippen molar-refractivity contribution in [2.24, 2.45) is 0 Å². The van der Waals surface area contributed by atoms with Crippen molar-refractivity contribution < 1.29 is 9.18 Å². The van der Waals surface area contributed by atoms with Gasteiger partial charge in [-0.25, -0.2) is 4.39 Å². The number of rotatable bonds is 5. The molecule has 134 valence electrons. The van der Waals surface area contributed by atoms with Crippen LogP contribution in [0.4, 0.5) is 4.39 Å². The van der Waals surface area contributed by atoms with E-state index in [9.17, 15) is 14.4 Å². The largest absolute Gasteiger partial charge is 0.349 e. The van der Waals surface area contributed by atoms with Gasteiger partial charge in [0.05, 0.1) is 6.54 Å². The van der Waals surface area contributed by atoms with Crippen LogP contribution in [-0.2, 0) is 11.3 Å². The quantitative estimate of drug-likeness (QED) is 0.553. The third-order valence-electron chi connectivity index (χ3n) is 4.70. The Morgan fingerprint density at radius 1 is 1.22 bits per heavy atom. The van der Waals surface area contributed by atoms with Crippen molar-refractivity contribution in [1.82, 2.24) is 9.88 Å². The lowest BCUT2D eigenvalue weighted by atomic mass is 10.1. The van der Waals surface area contributed by atoms with Gasteiger partial charge in [0.1, 0.15) is 17.5 Å². The van der Waals surface area contributed by atoms with Crippen molar-refractivity contribution in [2.75, 3.05) is 0 Å². The average molecular weight is 359 g/mol. The number of carbonyl (C=O) groups is 1. The first kappa shape index (κ1) is 17.0. The van der Waals surface area contributed by atoms with E-state index < -0.39 is 0 Å². The highest BCUT2D eigenvalue weighted by Gasteiger charge is 2.25. The maximum absolute atomic E-state index is 14.1. The Kier molecular flexibility index (Phi) is 4.47. The number of carbonyl (C=O) groups excluding carboxylic acids is 1. The predicted octanol–water partition coefficient (Wildman–Crippen LogP) is 4.01. The molecule has 0 saturated heterocycles. The number of nitrogens with one attached hydrogen (secondary N) is 1. The van der Waals surface area contributed by atoms with Crippen LogP contribution in [0.1, 0.15) is 24.0 Å². The fraction of sp³-hybridized carbons (Fsp3) is 0.182. The van der Waals surface area contributed by atoms with Crippen molar-refractivity contribution in [3.63, 3.8) is 0 Å². The van der Waals surface area contributed by atoms with E-state index in [0.29, 0.717) is 12.1 Å². The van der Waals surface area contributed by atoms with E-state index in [4.69, 9.17) is 0 Å². The van der Waals surface area contributed by atoms with Crippen LogP contribution < -0.4 is 5.32 Å². The smallest absolute Gasteiger partial charge is 0.262 e. The third kappa shape index (κ3) is 3.61. The fourth-order valence-corrected chi connectivity index (χ4v) is 3.13. The first-order chi connectivity index (χ1) is 13.2. The fourth-order valence-electron chi connectivity index (χ4n) is 3.13. The van der Waals surface area contributed by atoms with Crippen LogP contribution in [0.3, 0.4) is 0 Å². The molecule has 1 aliphatic rings. The van der Waals surface area contributed by atoms with E-state index in [1.807, 2.05) is 41.1 Å². The lowest BCUT2D eigenvalue weighted by Crippen LogP contribution is -2.26. The van der Waals surface area contributed by atoms with Crippen LogP contribution in [0.15, 0.2) is 60.3 Å². The highest BCUT2D eigenvalue weighted by atomic mass is 19.1. The second kappa shape index (κ2) is 7.08. The molecule has 0 bridgehead atoms. The summed E-state index contributed by atoms with van der Waals surface area (Å²) >= 11 is 0. The monoisotopic (exact) mass is 359 g/mol. The Bertz CT molecular complexity index is 1090. The minimum Gasteiger partial charge on any atom is -0.349 e.